The molecule has 8 nitrogen and oxygen atoms in total. The molecule has 8 heteroatoms. The third-order valence-electron chi connectivity index (χ3n) is 5.86. The number of fused-ring (bicyclic) bond motifs is 1. The van der Waals surface area contributed by atoms with Gasteiger partial charge in [-0.1, -0.05) is 12.1 Å². The van der Waals surface area contributed by atoms with Gasteiger partial charge < -0.3 is 28.8 Å². The highest BCUT2D eigenvalue weighted by Gasteiger charge is 2.28. The summed E-state index contributed by atoms with van der Waals surface area (Å²) >= 11 is 0. The maximum atomic E-state index is 12.6. The highest BCUT2D eigenvalue weighted by Crippen LogP contribution is 2.35. The van der Waals surface area contributed by atoms with E-state index in [1.165, 1.54) is 0 Å². The van der Waals surface area contributed by atoms with E-state index in [-0.39, 0.29) is 11.9 Å². The minimum absolute atomic E-state index is 0.0191. The maximum Gasteiger partial charge on any atom is 0.298 e. The van der Waals surface area contributed by atoms with Crippen LogP contribution < -0.4 is 24.4 Å². The van der Waals surface area contributed by atoms with Crippen LogP contribution in [0.15, 0.2) is 40.8 Å². The second-order valence-corrected chi connectivity index (χ2v) is 7.77. The molecule has 1 fully saturated rings. The molecule has 2 heterocycles. The number of anilines is 1. The van der Waals surface area contributed by atoms with E-state index in [0.717, 1.165) is 36.0 Å². The Balaban J connectivity index is 1.36. The van der Waals surface area contributed by atoms with E-state index in [1.807, 2.05) is 24.3 Å². The number of ether oxygens (including phenoxy) is 3. The van der Waals surface area contributed by atoms with Gasteiger partial charge in [0.15, 0.2) is 5.58 Å². The van der Waals surface area contributed by atoms with Crippen molar-refractivity contribution >= 4 is 23.0 Å². The van der Waals surface area contributed by atoms with Crippen LogP contribution in [-0.4, -0.2) is 51.4 Å². The molecule has 3 aromatic rings. The highest BCUT2D eigenvalue weighted by molar-refractivity contribution is 5.77. The number of amides is 1. The van der Waals surface area contributed by atoms with Gasteiger partial charge >= 0.3 is 0 Å². The van der Waals surface area contributed by atoms with E-state index in [0.29, 0.717) is 42.6 Å². The number of rotatable bonds is 9. The predicted octanol–water partition coefficient (Wildman–Crippen LogP) is 3.57. The Hall–Kier alpha value is -3.42. The third-order valence-corrected chi connectivity index (χ3v) is 5.86. The SMILES string of the molecule is COc1cc(OC)c(CCC(=O)NC[C@H]2CCCN2c2nc3ccccc3o2)c(OC)c1. The molecular weight excluding hydrogens is 410 g/mol. The van der Waals surface area contributed by atoms with E-state index in [9.17, 15) is 4.79 Å². The molecule has 0 spiro atoms. The Bertz CT molecular complexity index is 1020. The van der Waals surface area contributed by atoms with Gasteiger partial charge in [-0.2, -0.15) is 4.98 Å². The van der Waals surface area contributed by atoms with E-state index in [1.54, 1.807) is 33.5 Å². The van der Waals surface area contributed by atoms with Gasteiger partial charge in [0.1, 0.15) is 22.8 Å². The van der Waals surface area contributed by atoms with Gasteiger partial charge in [-0.05, 0) is 31.4 Å². The van der Waals surface area contributed by atoms with Crippen molar-refractivity contribution in [2.24, 2.45) is 0 Å². The van der Waals surface area contributed by atoms with Gasteiger partial charge in [-0.25, -0.2) is 0 Å². The molecule has 4 rings (SSSR count). The summed E-state index contributed by atoms with van der Waals surface area (Å²) < 4.78 is 22.2. The minimum atomic E-state index is -0.0191. The number of hydrogen-bond acceptors (Lipinski definition) is 7. The number of benzene rings is 2. The van der Waals surface area contributed by atoms with Crippen LogP contribution >= 0.6 is 0 Å². The summed E-state index contributed by atoms with van der Waals surface area (Å²) in [6, 6.07) is 12.1. The summed E-state index contributed by atoms with van der Waals surface area (Å²) in [5.74, 6) is 1.92. The third kappa shape index (κ3) is 4.59. The normalized spacial score (nSPS) is 15.7. The van der Waals surface area contributed by atoms with Crippen LogP contribution in [0.3, 0.4) is 0 Å². The summed E-state index contributed by atoms with van der Waals surface area (Å²) in [7, 11) is 4.78. The lowest BCUT2D eigenvalue weighted by atomic mass is 10.1. The lowest BCUT2D eigenvalue weighted by Gasteiger charge is -2.23. The van der Waals surface area contributed by atoms with Gasteiger partial charge in [0.05, 0.1) is 27.4 Å². The van der Waals surface area contributed by atoms with Gasteiger partial charge in [-0.15, -0.1) is 0 Å². The minimum Gasteiger partial charge on any atom is -0.496 e. The Labute approximate surface area is 187 Å². The molecule has 0 aliphatic carbocycles. The molecule has 1 amide bonds. The Morgan fingerprint density at radius 2 is 1.91 bits per heavy atom. The Morgan fingerprint density at radius 1 is 1.16 bits per heavy atom. The van der Waals surface area contributed by atoms with E-state index >= 15 is 0 Å². The number of hydrogen-bond donors (Lipinski definition) is 1. The van der Waals surface area contributed by atoms with Crippen molar-refractivity contribution in [3.8, 4) is 17.2 Å². The summed E-state index contributed by atoms with van der Waals surface area (Å²) in [6.07, 6.45) is 2.86. The number of para-hydroxylation sites is 2. The fourth-order valence-electron chi connectivity index (χ4n) is 4.17. The molecular formula is C24H29N3O5. The van der Waals surface area contributed by atoms with Crippen molar-refractivity contribution in [1.29, 1.82) is 0 Å². The lowest BCUT2D eigenvalue weighted by molar-refractivity contribution is -0.121. The molecule has 1 aromatic heterocycles. The zero-order valence-electron chi connectivity index (χ0n) is 18.7. The van der Waals surface area contributed by atoms with Crippen LogP contribution in [0.25, 0.3) is 11.1 Å². The zero-order valence-corrected chi connectivity index (χ0v) is 18.7. The first-order valence-electron chi connectivity index (χ1n) is 10.8. The summed E-state index contributed by atoms with van der Waals surface area (Å²) in [4.78, 5) is 19.4. The van der Waals surface area contributed by atoms with E-state index in [2.05, 4.69) is 15.2 Å². The van der Waals surface area contributed by atoms with Crippen LogP contribution in [-0.2, 0) is 11.2 Å². The summed E-state index contributed by atoms with van der Waals surface area (Å²) in [5, 5.41) is 3.07. The first-order valence-corrected chi connectivity index (χ1v) is 10.8. The molecule has 0 unspecified atom stereocenters. The van der Waals surface area contributed by atoms with Gasteiger partial charge in [0.2, 0.25) is 5.91 Å². The molecule has 0 saturated carbocycles. The molecule has 1 aliphatic heterocycles. The van der Waals surface area contributed by atoms with Crippen LogP contribution in [0.1, 0.15) is 24.8 Å². The highest BCUT2D eigenvalue weighted by atomic mass is 16.5. The van der Waals surface area contributed by atoms with Crippen molar-refractivity contribution in [2.45, 2.75) is 31.7 Å². The second kappa shape index (κ2) is 9.80. The smallest absolute Gasteiger partial charge is 0.298 e. The molecule has 170 valence electrons. The number of carbonyl (C=O) groups excluding carboxylic acids is 1. The number of nitrogens with zero attached hydrogens (tertiary/aromatic N) is 2. The van der Waals surface area contributed by atoms with Crippen LogP contribution in [0.5, 0.6) is 17.2 Å². The summed E-state index contributed by atoms with van der Waals surface area (Å²) in [5.41, 5.74) is 2.47. The molecule has 0 bridgehead atoms. The monoisotopic (exact) mass is 439 g/mol. The second-order valence-electron chi connectivity index (χ2n) is 7.77. The topological polar surface area (TPSA) is 86.1 Å². The quantitative estimate of drug-likeness (QED) is 0.545. The number of nitrogens with one attached hydrogen (secondary N) is 1. The first-order chi connectivity index (χ1) is 15.6. The average Bonchev–Trinajstić information content (AvgIpc) is 3.47. The molecule has 32 heavy (non-hydrogen) atoms. The van der Waals surface area contributed by atoms with Gasteiger partial charge in [-0.3, -0.25) is 4.79 Å². The fourth-order valence-corrected chi connectivity index (χ4v) is 4.17. The average molecular weight is 440 g/mol. The number of carbonyl (C=O) groups is 1. The standard InChI is InChI=1S/C24H29N3O5/c1-29-17-13-21(30-2)18(22(14-17)31-3)10-11-23(28)25-15-16-7-6-12-27(16)24-26-19-8-4-5-9-20(19)32-24/h4-5,8-9,13-14,16H,6-7,10-12,15H2,1-3H3,(H,25,28)/t16-/m1/s1. The Kier molecular flexibility index (Phi) is 6.68. The first kappa shape index (κ1) is 21.8. The van der Waals surface area contributed by atoms with Crippen LogP contribution in [0.4, 0.5) is 6.01 Å². The van der Waals surface area contributed by atoms with Gasteiger partial charge in [0, 0.05) is 37.2 Å². The summed E-state index contributed by atoms with van der Waals surface area (Å²) in [6.45, 7) is 1.42. The van der Waals surface area contributed by atoms with Crippen molar-refractivity contribution < 1.29 is 23.4 Å². The largest absolute Gasteiger partial charge is 0.496 e. The van der Waals surface area contributed by atoms with E-state index < -0.39 is 0 Å². The van der Waals surface area contributed by atoms with E-state index in [4.69, 9.17) is 18.6 Å². The van der Waals surface area contributed by atoms with Crippen molar-refractivity contribution in [3.63, 3.8) is 0 Å². The fraction of sp³-hybridized carbons (Fsp3) is 0.417. The molecule has 1 atom stereocenters. The zero-order chi connectivity index (χ0) is 22.5. The molecule has 1 aliphatic rings. The van der Waals surface area contributed by atoms with Crippen molar-refractivity contribution in [1.82, 2.24) is 10.3 Å². The Morgan fingerprint density at radius 3 is 2.59 bits per heavy atom. The number of oxazole rings is 1. The van der Waals surface area contributed by atoms with Crippen LogP contribution in [0, 0.1) is 0 Å². The van der Waals surface area contributed by atoms with Gasteiger partial charge in [0.25, 0.3) is 6.01 Å². The van der Waals surface area contributed by atoms with Crippen molar-refractivity contribution in [2.75, 3.05) is 39.3 Å². The lowest BCUT2D eigenvalue weighted by Crippen LogP contribution is -2.40. The molecule has 2 aromatic carbocycles. The predicted molar refractivity (Wildman–Crippen MR) is 122 cm³/mol. The van der Waals surface area contributed by atoms with Crippen molar-refractivity contribution in [3.05, 3.63) is 42.0 Å². The molecule has 0 radical (unpaired) electrons. The van der Waals surface area contributed by atoms with Crippen LogP contribution in [0.2, 0.25) is 0 Å². The number of aromatic nitrogens is 1. The molecule has 1 saturated heterocycles. The molecule has 1 N–H and O–H groups in total. The number of methoxy groups -OCH3 is 3. The maximum absolute atomic E-state index is 12.6.